The van der Waals surface area contributed by atoms with Gasteiger partial charge < -0.3 is 39.4 Å². The zero-order valence-electron chi connectivity index (χ0n) is 29.9. The van der Waals surface area contributed by atoms with Crippen molar-refractivity contribution in [1.82, 2.24) is 15.5 Å². The number of urea groups is 1. The van der Waals surface area contributed by atoms with Gasteiger partial charge in [-0.2, -0.15) is 0 Å². The summed E-state index contributed by atoms with van der Waals surface area (Å²) in [6, 6.07) is 28.0. The molecule has 6 rings (SSSR count). The number of aliphatic hydroxyl groups is 1. The predicted octanol–water partition coefficient (Wildman–Crippen LogP) is 5.38. The number of carbonyl (C=O) groups is 2. The number of benzene rings is 4. The monoisotopic (exact) mass is 709 g/mol. The number of carbonyl (C=O) groups excluding carboxylic acids is 2. The van der Waals surface area contributed by atoms with Crippen LogP contribution in [0.25, 0.3) is 0 Å². The van der Waals surface area contributed by atoms with Gasteiger partial charge in [-0.3, -0.25) is 4.90 Å². The van der Waals surface area contributed by atoms with Gasteiger partial charge in [0, 0.05) is 44.6 Å². The van der Waals surface area contributed by atoms with E-state index in [9.17, 15) is 14.7 Å². The van der Waals surface area contributed by atoms with Crippen molar-refractivity contribution in [2.75, 3.05) is 34.4 Å². The molecule has 4 unspecified atom stereocenters. The highest BCUT2D eigenvalue weighted by molar-refractivity contribution is 5.83. The Hall–Kier alpha value is -4.94. The highest BCUT2D eigenvalue weighted by Gasteiger charge is 2.34. The first-order chi connectivity index (χ1) is 25.3. The van der Waals surface area contributed by atoms with Crippen LogP contribution in [-0.4, -0.2) is 68.6 Å². The molecule has 4 aromatic carbocycles. The maximum atomic E-state index is 12.8. The van der Waals surface area contributed by atoms with Crippen molar-refractivity contribution in [3.63, 3.8) is 0 Å². The van der Waals surface area contributed by atoms with E-state index in [1.54, 1.807) is 14.2 Å². The molecule has 1 saturated heterocycles. The highest BCUT2D eigenvalue weighted by Crippen LogP contribution is 2.39. The fraction of sp³-hybridized carbons (Fsp3) is 0.366. The minimum Gasteiger partial charge on any atom is -0.493 e. The normalized spacial score (nSPS) is 19.2. The lowest BCUT2D eigenvalue weighted by atomic mass is 9.97. The lowest BCUT2D eigenvalue weighted by molar-refractivity contribution is -0.253. The first kappa shape index (κ1) is 36.8. The maximum Gasteiger partial charge on any atom is 0.328 e. The van der Waals surface area contributed by atoms with Gasteiger partial charge in [-0.05, 0) is 51.9 Å². The van der Waals surface area contributed by atoms with Crippen LogP contribution >= 0.6 is 0 Å². The number of fused-ring (bicyclic) bond motifs is 1. The topological polar surface area (TPSA) is 128 Å². The zero-order chi connectivity index (χ0) is 36.5. The second kappa shape index (κ2) is 17.5. The van der Waals surface area contributed by atoms with Gasteiger partial charge in [0.05, 0.1) is 40.1 Å². The number of nitrogens with zero attached hydrogens (tertiary/aromatic N) is 1. The van der Waals surface area contributed by atoms with Crippen LogP contribution in [0.2, 0.25) is 0 Å². The fourth-order valence-corrected chi connectivity index (χ4v) is 6.79. The molecule has 4 aromatic rings. The third kappa shape index (κ3) is 9.29. The van der Waals surface area contributed by atoms with Crippen molar-refractivity contribution >= 4 is 12.0 Å². The smallest absolute Gasteiger partial charge is 0.328 e. The Morgan fingerprint density at radius 1 is 0.846 bits per heavy atom. The van der Waals surface area contributed by atoms with Gasteiger partial charge in [-0.1, -0.05) is 78.9 Å². The highest BCUT2D eigenvalue weighted by atomic mass is 16.7. The molecule has 0 spiro atoms. The molecule has 0 aromatic heterocycles. The number of nitrogens with one attached hydrogen (secondary N) is 2. The summed E-state index contributed by atoms with van der Waals surface area (Å²) in [4.78, 5) is 27.6. The fourth-order valence-electron chi connectivity index (χ4n) is 6.79. The van der Waals surface area contributed by atoms with Crippen LogP contribution < -0.4 is 20.1 Å². The van der Waals surface area contributed by atoms with Crippen LogP contribution in [0.3, 0.4) is 0 Å². The molecule has 2 amide bonds. The first-order valence-corrected chi connectivity index (χ1v) is 17.6. The van der Waals surface area contributed by atoms with Crippen molar-refractivity contribution in [3.8, 4) is 11.5 Å². The van der Waals surface area contributed by atoms with Crippen LogP contribution in [-0.2, 0) is 51.5 Å². The minimum atomic E-state index is -0.817. The van der Waals surface area contributed by atoms with Crippen molar-refractivity contribution in [2.45, 2.75) is 63.5 Å². The summed E-state index contributed by atoms with van der Waals surface area (Å²) in [5.41, 5.74) is 7.01. The molecular formula is C41H47N3O8. The predicted molar refractivity (Wildman–Crippen MR) is 195 cm³/mol. The molecule has 2 heterocycles. The quantitative estimate of drug-likeness (QED) is 0.157. The molecule has 2 aliphatic heterocycles. The van der Waals surface area contributed by atoms with Gasteiger partial charge in [-0.25, -0.2) is 9.59 Å². The van der Waals surface area contributed by atoms with Crippen molar-refractivity contribution in [3.05, 3.63) is 130 Å². The van der Waals surface area contributed by atoms with Gasteiger partial charge >= 0.3 is 12.0 Å². The molecular weight excluding hydrogens is 662 g/mol. The van der Waals surface area contributed by atoms with E-state index in [2.05, 4.69) is 27.7 Å². The van der Waals surface area contributed by atoms with E-state index in [4.69, 9.17) is 23.7 Å². The van der Waals surface area contributed by atoms with Crippen LogP contribution in [0.5, 0.6) is 11.5 Å². The van der Waals surface area contributed by atoms with Gasteiger partial charge in [0.25, 0.3) is 0 Å². The van der Waals surface area contributed by atoms with Crippen LogP contribution in [0.1, 0.15) is 57.8 Å². The lowest BCUT2D eigenvalue weighted by Crippen LogP contribution is -2.47. The van der Waals surface area contributed by atoms with E-state index in [-0.39, 0.29) is 25.4 Å². The van der Waals surface area contributed by atoms with Crippen molar-refractivity contribution in [1.29, 1.82) is 0 Å². The summed E-state index contributed by atoms with van der Waals surface area (Å²) < 4.78 is 29.2. The van der Waals surface area contributed by atoms with Gasteiger partial charge in [0.15, 0.2) is 17.8 Å². The number of hydrogen-bond donors (Lipinski definition) is 3. The molecule has 2 aliphatic rings. The molecule has 4 atom stereocenters. The maximum absolute atomic E-state index is 12.8. The zero-order valence-corrected chi connectivity index (χ0v) is 29.9. The van der Waals surface area contributed by atoms with E-state index >= 15 is 0 Å². The summed E-state index contributed by atoms with van der Waals surface area (Å²) in [6.07, 6.45) is 0.982. The molecule has 274 valence electrons. The third-order valence-corrected chi connectivity index (χ3v) is 9.65. The Balaban J connectivity index is 1.11. The molecule has 0 aliphatic carbocycles. The van der Waals surface area contributed by atoms with Crippen LogP contribution in [0.4, 0.5) is 4.79 Å². The molecule has 11 nitrogen and oxygen atoms in total. The Morgan fingerprint density at radius 2 is 1.52 bits per heavy atom. The summed E-state index contributed by atoms with van der Waals surface area (Å²) in [6.45, 7) is 2.64. The average molecular weight is 710 g/mol. The van der Waals surface area contributed by atoms with E-state index in [1.807, 2.05) is 78.9 Å². The van der Waals surface area contributed by atoms with Gasteiger partial charge in [0.2, 0.25) is 0 Å². The van der Waals surface area contributed by atoms with Gasteiger partial charge in [-0.15, -0.1) is 0 Å². The van der Waals surface area contributed by atoms with Crippen molar-refractivity contribution < 1.29 is 38.4 Å². The molecule has 3 N–H and O–H groups in total. The Labute approximate surface area is 304 Å². The number of amides is 2. The molecule has 52 heavy (non-hydrogen) atoms. The summed E-state index contributed by atoms with van der Waals surface area (Å²) in [5.74, 6) is 0.962. The van der Waals surface area contributed by atoms with Crippen LogP contribution in [0, 0.1) is 0 Å². The summed E-state index contributed by atoms with van der Waals surface area (Å²) in [7, 11) is 4.62. The summed E-state index contributed by atoms with van der Waals surface area (Å²) in [5, 5.41) is 15.2. The van der Waals surface area contributed by atoms with E-state index < -0.39 is 24.3 Å². The Bertz CT molecular complexity index is 1780. The van der Waals surface area contributed by atoms with Gasteiger partial charge in [0.1, 0.15) is 6.04 Å². The molecule has 0 saturated carbocycles. The Kier molecular flexibility index (Phi) is 12.4. The molecule has 0 bridgehead atoms. The number of aliphatic hydroxyl groups excluding tert-OH is 1. The minimum absolute atomic E-state index is 0.0182. The van der Waals surface area contributed by atoms with Crippen molar-refractivity contribution in [2.24, 2.45) is 0 Å². The third-order valence-electron chi connectivity index (χ3n) is 9.65. The molecule has 11 heteroatoms. The number of rotatable bonds is 13. The van der Waals surface area contributed by atoms with E-state index in [1.165, 1.54) is 18.2 Å². The first-order valence-electron chi connectivity index (χ1n) is 17.6. The standard InChI is InChI=1S/C41H47N3O8/c1-48-37-20-32-17-18-44(24-33(32)21-38(37)49-2)25-34-22-36(30-13-11-29(26-45)12-14-30)52-40(51-34)31-15-9-28(10-16-31)23-42-41(47)43-35(39(46)50-3)19-27-7-5-4-6-8-27/h4-16,20-21,34-36,40,45H,17-19,22-26H2,1-3H3,(H2,42,43,47). The second-order valence-electron chi connectivity index (χ2n) is 13.1. The van der Waals surface area contributed by atoms with E-state index in [0.717, 1.165) is 65.4 Å². The largest absolute Gasteiger partial charge is 0.493 e. The number of methoxy groups -OCH3 is 3. The number of hydrogen-bond acceptors (Lipinski definition) is 9. The average Bonchev–Trinajstić information content (AvgIpc) is 3.19. The van der Waals surface area contributed by atoms with Crippen LogP contribution in [0.15, 0.2) is 91.0 Å². The SMILES string of the molecule is COC(=O)C(Cc1ccccc1)NC(=O)NCc1ccc(C2OC(CN3CCc4cc(OC)c(OC)cc4C3)CC(c3ccc(CO)cc3)O2)cc1. The molecule has 1 fully saturated rings. The molecule has 0 radical (unpaired) electrons. The second-order valence-corrected chi connectivity index (χ2v) is 13.1. The summed E-state index contributed by atoms with van der Waals surface area (Å²) >= 11 is 0. The number of esters is 1. The number of ether oxygens (including phenoxy) is 5. The van der Waals surface area contributed by atoms with E-state index in [0.29, 0.717) is 12.8 Å². The Morgan fingerprint density at radius 3 is 2.19 bits per heavy atom. The lowest BCUT2D eigenvalue weighted by Gasteiger charge is -2.39.